The minimum Gasteiger partial charge on any atom is -0.457 e. The Morgan fingerprint density at radius 1 is 1.05 bits per heavy atom. The minimum atomic E-state index is -3.63. The normalized spacial score (nSPS) is 14.3. The van der Waals surface area contributed by atoms with Gasteiger partial charge in [0, 0.05) is 31.6 Å². The second-order valence-corrected chi connectivity index (χ2v) is 11.9. The summed E-state index contributed by atoms with van der Waals surface area (Å²) in [7, 11) is -0.710. The number of non-ortho nitro benzene ring substituents is 1. The summed E-state index contributed by atoms with van der Waals surface area (Å²) in [5.41, 5.74) is 4.66. The van der Waals surface area contributed by atoms with Crippen LogP contribution in [0.1, 0.15) is 45.6 Å². The van der Waals surface area contributed by atoms with E-state index >= 15 is 0 Å². The van der Waals surface area contributed by atoms with Crippen molar-refractivity contribution in [3.05, 3.63) is 111 Å². The summed E-state index contributed by atoms with van der Waals surface area (Å²) in [6.45, 7) is -0.0998. The van der Waals surface area contributed by atoms with Gasteiger partial charge in [0.2, 0.25) is 10.0 Å². The molecule has 10 heteroatoms. The first-order valence-corrected chi connectivity index (χ1v) is 14.1. The third-order valence-electron chi connectivity index (χ3n) is 6.84. The van der Waals surface area contributed by atoms with Crippen LogP contribution in [-0.4, -0.2) is 42.7 Å². The fraction of sp³-hybridized carbons (Fsp3) is 0.200. The van der Waals surface area contributed by atoms with Gasteiger partial charge in [-0.2, -0.15) is 0 Å². The molecule has 0 unspecified atom stereocenters. The van der Waals surface area contributed by atoms with Crippen LogP contribution in [0.25, 0.3) is 22.6 Å². The van der Waals surface area contributed by atoms with E-state index in [1.54, 1.807) is 24.3 Å². The molecule has 0 bridgehead atoms. The number of carbonyl (C=O) groups is 1. The van der Waals surface area contributed by atoms with Crippen molar-refractivity contribution in [2.75, 3.05) is 14.1 Å². The zero-order valence-corrected chi connectivity index (χ0v) is 22.8. The molecule has 1 heterocycles. The number of carbonyl (C=O) groups excluding carboxylic acids is 1. The van der Waals surface area contributed by atoms with Crippen LogP contribution in [0.2, 0.25) is 0 Å². The van der Waals surface area contributed by atoms with Gasteiger partial charge in [-0.3, -0.25) is 10.1 Å². The van der Waals surface area contributed by atoms with Gasteiger partial charge in [-0.05, 0) is 65.8 Å². The summed E-state index contributed by atoms with van der Waals surface area (Å²) in [6.07, 6.45) is 4.00. The van der Waals surface area contributed by atoms with Crippen LogP contribution in [0.15, 0.2) is 77.7 Å². The van der Waals surface area contributed by atoms with E-state index in [4.69, 9.17) is 9.72 Å². The van der Waals surface area contributed by atoms with Crippen molar-refractivity contribution in [1.29, 1.82) is 0 Å². The van der Waals surface area contributed by atoms with E-state index in [1.165, 1.54) is 38.4 Å². The van der Waals surface area contributed by atoms with Crippen molar-refractivity contribution in [3.63, 3.8) is 0 Å². The molecule has 0 atom stereocenters. The van der Waals surface area contributed by atoms with Gasteiger partial charge in [-0.15, -0.1) is 0 Å². The molecule has 9 nitrogen and oxygen atoms in total. The molecule has 5 rings (SSSR count). The standard InChI is InChI=1S/C30H27N3O6S/c1-32(2)40(37,38)24-12-6-9-21(18-24)19-39-30(34)28-25-13-3-4-15-27(25)31-29-22(10-7-14-26(28)29)16-20-8-5-11-23(17-20)33(35)36/h3-6,8-9,11-13,15-18H,7,10,14,19H2,1-2H3/b22-16+. The molecule has 0 radical (unpaired) electrons. The number of nitro benzene ring substituents is 1. The number of hydrogen-bond acceptors (Lipinski definition) is 7. The van der Waals surface area contributed by atoms with Crippen LogP contribution in [0.3, 0.4) is 0 Å². The fourth-order valence-electron chi connectivity index (χ4n) is 4.87. The van der Waals surface area contributed by atoms with E-state index in [1.807, 2.05) is 30.3 Å². The number of sulfonamides is 1. The van der Waals surface area contributed by atoms with E-state index < -0.39 is 20.9 Å². The Balaban J connectivity index is 1.52. The van der Waals surface area contributed by atoms with Crippen LogP contribution >= 0.6 is 0 Å². The number of benzene rings is 3. The number of allylic oxidation sites excluding steroid dienone is 1. The molecular weight excluding hydrogens is 530 g/mol. The minimum absolute atomic E-state index is 0.00331. The van der Waals surface area contributed by atoms with Crippen molar-refractivity contribution in [2.24, 2.45) is 0 Å². The van der Waals surface area contributed by atoms with Gasteiger partial charge < -0.3 is 4.74 Å². The average Bonchev–Trinajstić information content (AvgIpc) is 2.95. The number of aromatic nitrogens is 1. The second-order valence-electron chi connectivity index (χ2n) is 9.72. The number of para-hydroxylation sites is 1. The molecule has 0 fully saturated rings. The van der Waals surface area contributed by atoms with Crippen molar-refractivity contribution < 1.29 is 22.9 Å². The van der Waals surface area contributed by atoms with Gasteiger partial charge in [0.15, 0.2) is 0 Å². The van der Waals surface area contributed by atoms with Gasteiger partial charge >= 0.3 is 5.97 Å². The molecule has 0 amide bonds. The van der Waals surface area contributed by atoms with Gasteiger partial charge in [0.25, 0.3) is 5.69 Å². The molecule has 1 aliphatic rings. The third kappa shape index (κ3) is 5.36. The van der Waals surface area contributed by atoms with E-state index in [0.29, 0.717) is 46.1 Å². The fourth-order valence-corrected chi connectivity index (χ4v) is 5.84. The van der Waals surface area contributed by atoms with Crippen LogP contribution < -0.4 is 0 Å². The maximum absolute atomic E-state index is 13.6. The number of fused-ring (bicyclic) bond motifs is 2. The molecule has 0 aliphatic heterocycles. The number of pyridine rings is 1. The van der Waals surface area contributed by atoms with E-state index in [2.05, 4.69) is 0 Å². The highest BCUT2D eigenvalue weighted by atomic mass is 32.2. The lowest BCUT2D eigenvalue weighted by Crippen LogP contribution is -2.22. The largest absolute Gasteiger partial charge is 0.457 e. The lowest BCUT2D eigenvalue weighted by molar-refractivity contribution is -0.384. The first-order valence-electron chi connectivity index (χ1n) is 12.7. The molecular formula is C30H27N3O6S. The molecule has 1 aromatic heterocycles. The number of hydrogen-bond donors (Lipinski definition) is 0. The zero-order valence-electron chi connectivity index (χ0n) is 22.0. The quantitative estimate of drug-likeness (QED) is 0.164. The lowest BCUT2D eigenvalue weighted by atomic mass is 9.86. The molecule has 0 spiro atoms. The number of nitro groups is 1. The highest BCUT2D eigenvalue weighted by Crippen LogP contribution is 2.37. The SMILES string of the molecule is CN(C)S(=O)(=O)c1cccc(COC(=O)c2c3c(nc4ccccc24)/C(=C/c2cccc([N+](=O)[O-])c2)CCC3)c1. The molecule has 0 saturated carbocycles. The van der Waals surface area contributed by atoms with Crippen molar-refractivity contribution in [3.8, 4) is 0 Å². The van der Waals surface area contributed by atoms with Gasteiger partial charge in [-0.1, -0.05) is 42.5 Å². The first-order chi connectivity index (χ1) is 19.1. The molecule has 204 valence electrons. The maximum Gasteiger partial charge on any atom is 0.339 e. The Kier molecular flexibility index (Phi) is 7.46. The highest BCUT2D eigenvalue weighted by Gasteiger charge is 2.26. The third-order valence-corrected chi connectivity index (χ3v) is 8.65. The van der Waals surface area contributed by atoms with Crippen LogP contribution in [0.4, 0.5) is 5.69 Å². The Labute approximate surface area is 231 Å². The summed E-state index contributed by atoms with van der Waals surface area (Å²) in [4.78, 5) is 29.4. The topological polar surface area (TPSA) is 120 Å². The summed E-state index contributed by atoms with van der Waals surface area (Å²) >= 11 is 0. The molecule has 4 aromatic rings. The number of nitrogens with zero attached hydrogens (tertiary/aromatic N) is 3. The van der Waals surface area contributed by atoms with Crippen LogP contribution in [-0.2, 0) is 27.8 Å². The first kappa shape index (κ1) is 27.2. The van der Waals surface area contributed by atoms with E-state index in [-0.39, 0.29) is 17.2 Å². The Bertz CT molecular complexity index is 1780. The summed E-state index contributed by atoms with van der Waals surface area (Å²) in [6, 6.07) is 20.1. The molecule has 3 aromatic carbocycles. The van der Waals surface area contributed by atoms with Crippen molar-refractivity contribution in [1.82, 2.24) is 9.29 Å². The summed E-state index contributed by atoms with van der Waals surface area (Å²) in [5.74, 6) is -0.521. The van der Waals surface area contributed by atoms with Crippen molar-refractivity contribution in [2.45, 2.75) is 30.8 Å². The second kappa shape index (κ2) is 11.0. The maximum atomic E-state index is 13.6. The smallest absolute Gasteiger partial charge is 0.339 e. The Hall–Kier alpha value is -4.41. The molecule has 40 heavy (non-hydrogen) atoms. The number of rotatable bonds is 7. The zero-order chi connectivity index (χ0) is 28.4. The van der Waals surface area contributed by atoms with E-state index in [0.717, 1.165) is 21.9 Å². The van der Waals surface area contributed by atoms with Crippen LogP contribution in [0.5, 0.6) is 0 Å². The predicted octanol–water partition coefficient (Wildman–Crippen LogP) is 5.63. The monoisotopic (exact) mass is 557 g/mol. The van der Waals surface area contributed by atoms with Gasteiger partial charge in [0.05, 0.1) is 26.6 Å². The highest BCUT2D eigenvalue weighted by molar-refractivity contribution is 7.89. The number of ether oxygens (including phenoxy) is 1. The molecule has 0 N–H and O–H groups in total. The van der Waals surface area contributed by atoms with E-state index in [9.17, 15) is 23.3 Å². The summed E-state index contributed by atoms with van der Waals surface area (Å²) in [5, 5.41) is 11.9. The van der Waals surface area contributed by atoms with Crippen molar-refractivity contribution >= 4 is 44.2 Å². The summed E-state index contributed by atoms with van der Waals surface area (Å²) < 4.78 is 31.9. The Morgan fingerprint density at radius 2 is 1.82 bits per heavy atom. The van der Waals surface area contributed by atoms with Crippen LogP contribution in [0, 0.1) is 10.1 Å². The Morgan fingerprint density at radius 3 is 2.60 bits per heavy atom. The molecule has 0 saturated heterocycles. The average molecular weight is 558 g/mol. The van der Waals surface area contributed by atoms with Gasteiger partial charge in [-0.25, -0.2) is 22.5 Å². The molecule has 1 aliphatic carbocycles. The predicted molar refractivity (Wildman–Crippen MR) is 152 cm³/mol. The number of esters is 1. The lowest BCUT2D eigenvalue weighted by Gasteiger charge is -2.22. The van der Waals surface area contributed by atoms with Gasteiger partial charge in [0.1, 0.15) is 6.61 Å².